The minimum absolute atomic E-state index is 0.145. The normalized spacial score (nSPS) is 14.7. The summed E-state index contributed by atoms with van der Waals surface area (Å²) in [5.41, 5.74) is 4.46. The van der Waals surface area contributed by atoms with Gasteiger partial charge in [-0.2, -0.15) is 0 Å². The summed E-state index contributed by atoms with van der Waals surface area (Å²) >= 11 is 0. The average molecular weight is 365 g/mol. The second-order valence-electron chi connectivity index (χ2n) is 6.89. The second-order valence-corrected chi connectivity index (χ2v) is 6.89. The van der Waals surface area contributed by atoms with Crippen LogP contribution in [0.15, 0.2) is 48.8 Å². The van der Waals surface area contributed by atoms with E-state index in [1.165, 1.54) is 5.69 Å². The summed E-state index contributed by atoms with van der Waals surface area (Å²) in [7, 11) is 0. The highest BCUT2D eigenvalue weighted by Gasteiger charge is 2.14. The summed E-state index contributed by atoms with van der Waals surface area (Å²) < 4.78 is 12.7. The molecule has 2 aromatic carbocycles. The molecule has 3 aromatic rings. The number of nitrogens with zero attached hydrogens (tertiary/aromatic N) is 3. The number of imidazole rings is 1. The SMILES string of the molecule is CC(C)OC(=O)c1ccc2c(c1)ncn2-c1cccc(N2CCOCC2)c1. The maximum Gasteiger partial charge on any atom is 0.338 e. The third kappa shape index (κ3) is 3.66. The molecule has 1 aliphatic heterocycles. The minimum atomic E-state index is -0.323. The molecular formula is C21H23N3O3. The van der Waals surface area contributed by atoms with Crippen LogP contribution in [0, 0.1) is 0 Å². The number of anilines is 1. The van der Waals surface area contributed by atoms with Crippen molar-refractivity contribution in [3.8, 4) is 5.69 Å². The third-order valence-electron chi connectivity index (χ3n) is 4.61. The van der Waals surface area contributed by atoms with E-state index >= 15 is 0 Å². The molecular weight excluding hydrogens is 342 g/mol. The number of esters is 1. The van der Waals surface area contributed by atoms with Crippen LogP contribution >= 0.6 is 0 Å². The van der Waals surface area contributed by atoms with E-state index in [0.717, 1.165) is 43.0 Å². The molecule has 0 amide bonds. The van der Waals surface area contributed by atoms with Crippen LogP contribution in [0.4, 0.5) is 5.69 Å². The van der Waals surface area contributed by atoms with Gasteiger partial charge in [0.15, 0.2) is 0 Å². The summed E-state index contributed by atoms with van der Waals surface area (Å²) in [6.07, 6.45) is 1.65. The lowest BCUT2D eigenvalue weighted by atomic mass is 10.2. The number of carbonyl (C=O) groups is 1. The maximum absolute atomic E-state index is 12.1. The van der Waals surface area contributed by atoms with E-state index in [0.29, 0.717) is 5.56 Å². The molecule has 0 unspecified atom stereocenters. The van der Waals surface area contributed by atoms with Crippen molar-refractivity contribution >= 4 is 22.7 Å². The van der Waals surface area contributed by atoms with E-state index < -0.39 is 0 Å². The first kappa shape index (κ1) is 17.5. The molecule has 0 radical (unpaired) electrons. The Hall–Kier alpha value is -2.86. The lowest BCUT2D eigenvalue weighted by molar-refractivity contribution is 0.0378. The Morgan fingerprint density at radius 2 is 1.89 bits per heavy atom. The van der Waals surface area contributed by atoms with Gasteiger partial charge in [0.05, 0.1) is 35.9 Å². The van der Waals surface area contributed by atoms with Crippen molar-refractivity contribution in [3.63, 3.8) is 0 Å². The highest BCUT2D eigenvalue weighted by molar-refractivity contribution is 5.94. The van der Waals surface area contributed by atoms with Gasteiger partial charge in [0, 0.05) is 24.5 Å². The Labute approximate surface area is 158 Å². The molecule has 0 aliphatic carbocycles. The zero-order valence-corrected chi connectivity index (χ0v) is 15.6. The summed E-state index contributed by atoms with van der Waals surface area (Å²) in [4.78, 5) is 18.9. The third-order valence-corrected chi connectivity index (χ3v) is 4.61. The molecule has 6 nitrogen and oxygen atoms in total. The lowest BCUT2D eigenvalue weighted by Crippen LogP contribution is -2.36. The van der Waals surface area contributed by atoms with Gasteiger partial charge in [0.2, 0.25) is 0 Å². The Kier molecular flexibility index (Phi) is 4.81. The van der Waals surface area contributed by atoms with Crippen molar-refractivity contribution < 1.29 is 14.3 Å². The van der Waals surface area contributed by atoms with Crippen LogP contribution in [0.25, 0.3) is 16.7 Å². The van der Waals surface area contributed by atoms with Crippen molar-refractivity contribution in [1.82, 2.24) is 9.55 Å². The fourth-order valence-corrected chi connectivity index (χ4v) is 3.29. The summed E-state index contributed by atoms with van der Waals surface area (Å²) in [5.74, 6) is -0.323. The molecule has 0 atom stereocenters. The molecule has 0 saturated carbocycles. The van der Waals surface area contributed by atoms with Gasteiger partial charge < -0.3 is 14.4 Å². The topological polar surface area (TPSA) is 56.6 Å². The number of hydrogen-bond donors (Lipinski definition) is 0. The molecule has 6 heteroatoms. The summed E-state index contributed by atoms with van der Waals surface area (Å²) in [6.45, 7) is 6.99. The number of morpholine rings is 1. The maximum atomic E-state index is 12.1. The first-order valence-electron chi connectivity index (χ1n) is 9.23. The number of carbonyl (C=O) groups excluding carboxylic acids is 1. The molecule has 1 saturated heterocycles. The Balaban J connectivity index is 1.65. The van der Waals surface area contributed by atoms with Crippen molar-refractivity contribution in [1.29, 1.82) is 0 Å². The van der Waals surface area contributed by atoms with Crippen LogP contribution in [0.3, 0.4) is 0 Å². The van der Waals surface area contributed by atoms with Crippen LogP contribution in [0.5, 0.6) is 0 Å². The van der Waals surface area contributed by atoms with Crippen LogP contribution in [0.2, 0.25) is 0 Å². The van der Waals surface area contributed by atoms with Gasteiger partial charge in [-0.25, -0.2) is 9.78 Å². The molecule has 1 fully saturated rings. The zero-order valence-electron chi connectivity index (χ0n) is 15.6. The van der Waals surface area contributed by atoms with E-state index in [9.17, 15) is 4.79 Å². The molecule has 0 bridgehead atoms. The van der Waals surface area contributed by atoms with E-state index in [-0.39, 0.29) is 12.1 Å². The van der Waals surface area contributed by atoms with Gasteiger partial charge in [-0.3, -0.25) is 4.57 Å². The van der Waals surface area contributed by atoms with Gasteiger partial charge >= 0.3 is 5.97 Å². The van der Waals surface area contributed by atoms with Gasteiger partial charge in [-0.1, -0.05) is 6.07 Å². The van der Waals surface area contributed by atoms with Crippen molar-refractivity contribution in [2.24, 2.45) is 0 Å². The van der Waals surface area contributed by atoms with E-state index in [1.807, 2.05) is 24.5 Å². The molecule has 2 heterocycles. The predicted molar refractivity (Wildman–Crippen MR) is 105 cm³/mol. The fourth-order valence-electron chi connectivity index (χ4n) is 3.29. The largest absolute Gasteiger partial charge is 0.459 e. The molecule has 140 valence electrons. The second kappa shape index (κ2) is 7.40. The Morgan fingerprint density at radius 3 is 2.67 bits per heavy atom. The first-order valence-corrected chi connectivity index (χ1v) is 9.23. The van der Waals surface area contributed by atoms with E-state index in [2.05, 4.69) is 34.1 Å². The molecule has 1 aliphatic rings. The van der Waals surface area contributed by atoms with Crippen LogP contribution < -0.4 is 4.90 Å². The Bertz CT molecular complexity index is 958. The van der Waals surface area contributed by atoms with Crippen LogP contribution in [-0.4, -0.2) is 47.9 Å². The van der Waals surface area contributed by atoms with E-state index in [1.54, 1.807) is 18.5 Å². The highest BCUT2D eigenvalue weighted by Crippen LogP contribution is 2.24. The average Bonchev–Trinajstić information content (AvgIpc) is 3.11. The monoisotopic (exact) mass is 365 g/mol. The van der Waals surface area contributed by atoms with Crippen molar-refractivity contribution in [2.75, 3.05) is 31.2 Å². The van der Waals surface area contributed by atoms with Crippen LogP contribution in [0.1, 0.15) is 24.2 Å². The first-order chi connectivity index (χ1) is 13.1. The number of aromatic nitrogens is 2. The predicted octanol–water partition coefficient (Wildman–Crippen LogP) is 3.43. The quantitative estimate of drug-likeness (QED) is 0.663. The summed E-state index contributed by atoms with van der Waals surface area (Å²) in [5, 5.41) is 0. The lowest BCUT2D eigenvalue weighted by Gasteiger charge is -2.29. The van der Waals surface area contributed by atoms with Gasteiger partial charge in [0.25, 0.3) is 0 Å². The molecule has 27 heavy (non-hydrogen) atoms. The smallest absolute Gasteiger partial charge is 0.338 e. The Morgan fingerprint density at radius 1 is 1.11 bits per heavy atom. The van der Waals surface area contributed by atoms with E-state index in [4.69, 9.17) is 9.47 Å². The molecule has 0 N–H and O–H groups in total. The highest BCUT2D eigenvalue weighted by atomic mass is 16.5. The number of benzene rings is 2. The number of ether oxygens (including phenoxy) is 2. The van der Waals surface area contributed by atoms with Gasteiger partial charge in [-0.05, 0) is 50.2 Å². The zero-order chi connectivity index (χ0) is 18.8. The minimum Gasteiger partial charge on any atom is -0.459 e. The van der Waals surface area contributed by atoms with Gasteiger partial charge in [-0.15, -0.1) is 0 Å². The number of fused-ring (bicyclic) bond motifs is 1. The number of hydrogen-bond acceptors (Lipinski definition) is 5. The summed E-state index contributed by atoms with van der Waals surface area (Å²) in [6, 6.07) is 13.9. The molecule has 4 rings (SSSR count). The fraction of sp³-hybridized carbons (Fsp3) is 0.333. The standard InChI is InChI=1S/C21H23N3O3/c1-15(2)27-21(25)16-6-7-20-19(12-16)22-14-24(20)18-5-3-4-17(13-18)23-8-10-26-11-9-23/h3-7,12-15H,8-11H2,1-2H3. The molecule has 1 aromatic heterocycles. The van der Waals surface area contributed by atoms with Crippen molar-refractivity contribution in [3.05, 3.63) is 54.4 Å². The molecule has 0 spiro atoms. The van der Waals surface area contributed by atoms with Gasteiger partial charge in [0.1, 0.15) is 6.33 Å². The van der Waals surface area contributed by atoms with Crippen molar-refractivity contribution in [2.45, 2.75) is 20.0 Å². The number of rotatable bonds is 4. The van der Waals surface area contributed by atoms with Crippen LogP contribution in [-0.2, 0) is 9.47 Å².